The van der Waals surface area contributed by atoms with E-state index in [9.17, 15) is 4.79 Å². The SMILES string of the molecule is O=C(Cl)C(Cc1ccccc1Cl)c1cccs1. The summed E-state index contributed by atoms with van der Waals surface area (Å²) < 4.78 is 0. The van der Waals surface area contributed by atoms with Crippen LogP contribution in [0.25, 0.3) is 0 Å². The molecule has 1 aromatic heterocycles. The van der Waals surface area contributed by atoms with E-state index in [1.165, 1.54) is 11.3 Å². The van der Waals surface area contributed by atoms with Crippen LogP contribution in [0.4, 0.5) is 0 Å². The van der Waals surface area contributed by atoms with Gasteiger partial charge in [0.05, 0.1) is 5.92 Å². The molecule has 0 N–H and O–H groups in total. The Morgan fingerprint density at radius 2 is 2.00 bits per heavy atom. The lowest BCUT2D eigenvalue weighted by molar-refractivity contribution is -0.112. The molecule has 1 atom stereocenters. The van der Waals surface area contributed by atoms with Crippen LogP contribution in [0.2, 0.25) is 5.02 Å². The van der Waals surface area contributed by atoms with Crippen molar-refractivity contribution >= 4 is 39.8 Å². The number of rotatable bonds is 4. The Bertz CT molecular complexity index is 508. The number of hydrogen-bond donors (Lipinski definition) is 0. The fourth-order valence-corrected chi connectivity index (χ4v) is 2.96. The highest BCUT2D eigenvalue weighted by atomic mass is 35.5. The Labute approximate surface area is 114 Å². The van der Waals surface area contributed by atoms with E-state index >= 15 is 0 Å². The van der Waals surface area contributed by atoms with Gasteiger partial charge in [0.25, 0.3) is 0 Å². The lowest BCUT2D eigenvalue weighted by atomic mass is 9.99. The van der Waals surface area contributed by atoms with E-state index in [1.54, 1.807) is 0 Å². The molecule has 1 aromatic carbocycles. The van der Waals surface area contributed by atoms with Gasteiger partial charge in [-0.25, -0.2) is 0 Å². The summed E-state index contributed by atoms with van der Waals surface area (Å²) in [6.07, 6.45) is 0.544. The van der Waals surface area contributed by atoms with Crippen LogP contribution in [0.15, 0.2) is 41.8 Å². The maximum absolute atomic E-state index is 11.5. The number of carbonyl (C=O) groups is 1. The van der Waals surface area contributed by atoms with E-state index in [0.29, 0.717) is 11.4 Å². The van der Waals surface area contributed by atoms with Crippen LogP contribution >= 0.6 is 34.5 Å². The van der Waals surface area contributed by atoms with Crippen LogP contribution in [0.5, 0.6) is 0 Å². The molecule has 4 heteroatoms. The average Bonchev–Trinajstić information content (AvgIpc) is 2.81. The highest BCUT2D eigenvalue weighted by Crippen LogP contribution is 2.29. The first-order chi connectivity index (χ1) is 8.18. The second-order valence-corrected chi connectivity index (χ2v) is 5.43. The van der Waals surface area contributed by atoms with Crippen LogP contribution in [-0.4, -0.2) is 5.24 Å². The summed E-state index contributed by atoms with van der Waals surface area (Å²) in [7, 11) is 0. The first kappa shape index (κ1) is 12.6. The van der Waals surface area contributed by atoms with Crippen molar-refractivity contribution in [2.24, 2.45) is 0 Å². The largest absolute Gasteiger partial charge is 0.281 e. The molecule has 1 heterocycles. The molecule has 0 radical (unpaired) electrons. The maximum atomic E-state index is 11.5. The molecular formula is C13H10Cl2OS. The van der Waals surface area contributed by atoms with Crippen molar-refractivity contribution in [3.8, 4) is 0 Å². The number of hydrogen-bond acceptors (Lipinski definition) is 2. The monoisotopic (exact) mass is 284 g/mol. The van der Waals surface area contributed by atoms with Crippen molar-refractivity contribution in [3.63, 3.8) is 0 Å². The van der Waals surface area contributed by atoms with E-state index in [0.717, 1.165) is 10.4 Å². The number of carbonyl (C=O) groups excluding carboxylic acids is 1. The second-order valence-electron chi connectivity index (χ2n) is 3.67. The predicted octanol–water partition coefficient (Wildman–Crippen LogP) is 4.49. The molecule has 2 rings (SSSR count). The van der Waals surface area contributed by atoms with Gasteiger partial charge in [0.15, 0.2) is 0 Å². The molecule has 0 aliphatic carbocycles. The molecule has 0 saturated carbocycles. The van der Waals surface area contributed by atoms with E-state index in [1.807, 2.05) is 41.8 Å². The molecule has 0 fully saturated rings. The molecule has 0 saturated heterocycles. The highest BCUT2D eigenvalue weighted by Gasteiger charge is 2.21. The number of thiophene rings is 1. The fourth-order valence-electron chi connectivity index (χ4n) is 1.67. The summed E-state index contributed by atoms with van der Waals surface area (Å²) in [5.74, 6) is -0.309. The molecule has 88 valence electrons. The van der Waals surface area contributed by atoms with Gasteiger partial charge in [-0.05, 0) is 41.1 Å². The minimum Gasteiger partial charge on any atom is -0.281 e. The lowest BCUT2D eigenvalue weighted by Crippen LogP contribution is -2.08. The average molecular weight is 285 g/mol. The quantitative estimate of drug-likeness (QED) is 0.756. The van der Waals surface area contributed by atoms with Crippen molar-refractivity contribution < 1.29 is 4.79 Å². The Balaban J connectivity index is 2.26. The summed E-state index contributed by atoms with van der Waals surface area (Å²) in [5.41, 5.74) is 0.946. The Kier molecular flexibility index (Phi) is 4.21. The van der Waals surface area contributed by atoms with Gasteiger partial charge in [0, 0.05) is 9.90 Å². The topological polar surface area (TPSA) is 17.1 Å². The van der Waals surface area contributed by atoms with Crippen LogP contribution in [0.3, 0.4) is 0 Å². The third-order valence-electron chi connectivity index (χ3n) is 2.54. The van der Waals surface area contributed by atoms with E-state index in [4.69, 9.17) is 23.2 Å². The molecule has 1 nitrogen and oxygen atoms in total. The van der Waals surface area contributed by atoms with Gasteiger partial charge in [-0.2, -0.15) is 0 Å². The molecule has 0 spiro atoms. The first-order valence-corrected chi connectivity index (χ1v) is 6.78. The summed E-state index contributed by atoms with van der Waals surface area (Å²) in [5, 5.41) is 2.27. The second kappa shape index (κ2) is 5.67. The van der Waals surface area contributed by atoms with Gasteiger partial charge in [0.1, 0.15) is 0 Å². The molecule has 0 amide bonds. The van der Waals surface area contributed by atoms with E-state index < -0.39 is 0 Å². The molecule has 2 aromatic rings. The molecular weight excluding hydrogens is 275 g/mol. The van der Waals surface area contributed by atoms with Gasteiger partial charge in [-0.15, -0.1) is 11.3 Å². The number of benzene rings is 1. The van der Waals surface area contributed by atoms with Crippen LogP contribution in [0.1, 0.15) is 16.4 Å². The molecule has 0 bridgehead atoms. The van der Waals surface area contributed by atoms with E-state index in [-0.39, 0.29) is 11.2 Å². The number of halogens is 2. The summed E-state index contributed by atoms with van der Waals surface area (Å²) >= 11 is 13.3. The lowest BCUT2D eigenvalue weighted by Gasteiger charge is -2.11. The molecule has 0 aliphatic heterocycles. The van der Waals surface area contributed by atoms with Crippen molar-refractivity contribution in [1.82, 2.24) is 0 Å². The van der Waals surface area contributed by atoms with E-state index in [2.05, 4.69) is 0 Å². The first-order valence-electron chi connectivity index (χ1n) is 5.14. The normalized spacial score (nSPS) is 12.4. The Morgan fingerprint density at radius 3 is 2.59 bits per heavy atom. The van der Waals surface area contributed by atoms with Crippen LogP contribution in [-0.2, 0) is 11.2 Å². The van der Waals surface area contributed by atoms with Crippen LogP contribution in [0, 0.1) is 0 Å². The van der Waals surface area contributed by atoms with Gasteiger partial charge in [-0.3, -0.25) is 4.79 Å². The van der Waals surface area contributed by atoms with Crippen LogP contribution < -0.4 is 0 Å². The Hall–Kier alpha value is -0.830. The van der Waals surface area contributed by atoms with Gasteiger partial charge >= 0.3 is 0 Å². The minimum atomic E-state index is -0.340. The third kappa shape index (κ3) is 3.09. The predicted molar refractivity (Wildman–Crippen MR) is 73.1 cm³/mol. The standard InChI is InChI=1S/C13H10Cl2OS/c14-11-5-2-1-4-9(11)8-10(13(15)16)12-6-3-7-17-12/h1-7,10H,8H2. The Morgan fingerprint density at radius 1 is 1.24 bits per heavy atom. The van der Waals surface area contributed by atoms with Crippen molar-refractivity contribution in [3.05, 3.63) is 57.2 Å². The summed E-state index contributed by atoms with van der Waals surface area (Å²) in [4.78, 5) is 12.5. The maximum Gasteiger partial charge on any atom is 0.230 e. The zero-order valence-corrected chi connectivity index (χ0v) is 11.2. The zero-order valence-electron chi connectivity index (χ0n) is 8.90. The van der Waals surface area contributed by atoms with Crippen molar-refractivity contribution in [1.29, 1.82) is 0 Å². The molecule has 0 aliphatic rings. The zero-order chi connectivity index (χ0) is 12.3. The molecule has 1 unspecified atom stereocenters. The van der Waals surface area contributed by atoms with Crippen molar-refractivity contribution in [2.45, 2.75) is 12.3 Å². The van der Waals surface area contributed by atoms with Gasteiger partial charge in [-0.1, -0.05) is 35.9 Å². The van der Waals surface area contributed by atoms with Gasteiger partial charge in [0.2, 0.25) is 5.24 Å². The summed E-state index contributed by atoms with van der Waals surface area (Å²) in [6, 6.07) is 11.4. The fraction of sp³-hybridized carbons (Fsp3) is 0.154. The van der Waals surface area contributed by atoms with Gasteiger partial charge < -0.3 is 0 Å². The minimum absolute atomic E-state index is 0.309. The highest BCUT2D eigenvalue weighted by molar-refractivity contribution is 7.10. The molecule has 17 heavy (non-hydrogen) atoms. The third-order valence-corrected chi connectivity index (χ3v) is 4.16. The smallest absolute Gasteiger partial charge is 0.230 e. The summed E-state index contributed by atoms with van der Waals surface area (Å²) in [6.45, 7) is 0. The van der Waals surface area contributed by atoms with Crippen molar-refractivity contribution in [2.75, 3.05) is 0 Å².